The summed E-state index contributed by atoms with van der Waals surface area (Å²) in [5.74, 6) is -0.843. The zero-order valence-corrected chi connectivity index (χ0v) is 42.2. The molecule has 4 heterocycles. The smallest absolute Gasteiger partial charge is 0.262 e. The molecule has 3 aliphatic rings. The van der Waals surface area contributed by atoms with Gasteiger partial charge < -0.3 is 24.0 Å². The van der Waals surface area contributed by atoms with E-state index in [0.29, 0.717) is 67.2 Å². The van der Waals surface area contributed by atoms with E-state index in [9.17, 15) is 37.2 Å². The number of nitrogens with zero attached hydrogens (tertiary/aromatic N) is 3. The first-order valence-corrected chi connectivity index (χ1v) is 27.2. The molecular weight excluding hydrogens is 933 g/mol. The number of aryl methyl sites for hydroxylation is 1. The Bertz CT molecular complexity index is 2680. The number of rotatable bonds is 27. The predicted molar refractivity (Wildman–Crippen MR) is 266 cm³/mol. The van der Waals surface area contributed by atoms with E-state index >= 15 is 0 Å². The number of imide groups is 2. The number of ether oxygens (including phenoxy) is 3. The van der Waals surface area contributed by atoms with E-state index in [0.717, 1.165) is 85.4 Å². The number of benzene rings is 3. The maximum Gasteiger partial charge on any atom is 0.262 e. The number of hydrogen-bond acceptors (Lipinski definition) is 13. The van der Waals surface area contributed by atoms with Gasteiger partial charge in [-0.05, 0) is 93.2 Å². The average molecular weight is 997 g/mol. The van der Waals surface area contributed by atoms with Gasteiger partial charge in [-0.3, -0.25) is 39.0 Å². The Morgan fingerprint density at radius 2 is 1.59 bits per heavy atom. The van der Waals surface area contributed by atoms with Crippen molar-refractivity contribution in [3.8, 4) is 17.2 Å². The highest BCUT2D eigenvalue weighted by Gasteiger charge is 2.44. The van der Waals surface area contributed by atoms with Crippen molar-refractivity contribution in [2.24, 2.45) is 0 Å². The molecule has 1 unspecified atom stereocenters. The summed E-state index contributed by atoms with van der Waals surface area (Å²) < 4.78 is 42.5. The van der Waals surface area contributed by atoms with Crippen LogP contribution in [0.25, 0.3) is 0 Å². The zero-order chi connectivity index (χ0) is 50.0. The number of unbranched alkanes of at least 4 members (excludes halogenated alkanes) is 7. The molecule has 7 rings (SSSR count). The van der Waals surface area contributed by atoms with Gasteiger partial charge in [0.05, 0.1) is 42.2 Å². The number of sulfone groups is 1. The van der Waals surface area contributed by atoms with E-state index in [1.165, 1.54) is 30.4 Å². The lowest BCUT2D eigenvalue weighted by Crippen LogP contribution is -2.52. The maximum absolute atomic E-state index is 14.0. The molecular formula is C53H64N4O11S2. The van der Waals surface area contributed by atoms with E-state index < -0.39 is 45.4 Å². The van der Waals surface area contributed by atoms with Crippen molar-refractivity contribution in [2.75, 3.05) is 39.3 Å². The van der Waals surface area contributed by atoms with Crippen LogP contribution >= 0.6 is 11.3 Å². The van der Waals surface area contributed by atoms with E-state index in [2.05, 4.69) is 29.4 Å². The first-order chi connectivity index (χ1) is 33.6. The van der Waals surface area contributed by atoms with Crippen molar-refractivity contribution in [1.29, 1.82) is 0 Å². The molecule has 374 valence electrons. The fourth-order valence-corrected chi connectivity index (χ4v) is 11.4. The molecule has 5 amide bonds. The minimum Gasteiger partial charge on any atom is -0.493 e. The van der Waals surface area contributed by atoms with Gasteiger partial charge in [0, 0.05) is 54.4 Å². The lowest BCUT2D eigenvalue weighted by molar-refractivity contribution is -0.137. The lowest BCUT2D eigenvalue weighted by atomic mass is 9.97. The molecule has 1 aromatic heterocycles. The first kappa shape index (κ1) is 51.9. The van der Waals surface area contributed by atoms with Crippen molar-refractivity contribution < 1.29 is 51.4 Å². The van der Waals surface area contributed by atoms with Crippen molar-refractivity contribution >= 4 is 56.5 Å². The molecule has 3 aromatic carbocycles. The number of methoxy groups -OCH3 is 1. The van der Waals surface area contributed by atoms with Crippen molar-refractivity contribution in [3.63, 3.8) is 0 Å². The monoisotopic (exact) mass is 996 g/mol. The Morgan fingerprint density at radius 3 is 2.29 bits per heavy atom. The minimum atomic E-state index is -3.64. The third kappa shape index (κ3) is 12.9. The normalized spacial score (nSPS) is 16.2. The Labute approximate surface area is 414 Å². The number of hydrogen-bond donors (Lipinski definition) is 1. The second-order valence-corrected chi connectivity index (χ2v) is 21.7. The summed E-state index contributed by atoms with van der Waals surface area (Å²) in [5, 5.41) is 4.18. The molecule has 3 aliphatic heterocycles. The number of carbonyl (C=O) groups excluding carboxylic acids is 6. The van der Waals surface area contributed by atoms with Gasteiger partial charge in [0.25, 0.3) is 17.7 Å². The quantitative estimate of drug-likeness (QED) is 0.0449. The van der Waals surface area contributed by atoms with Crippen LogP contribution in [0.3, 0.4) is 0 Å². The zero-order valence-electron chi connectivity index (χ0n) is 40.6. The Kier molecular flexibility index (Phi) is 17.7. The van der Waals surface area contributed by atoms with Gasteiger partial charge in [-0.25, -0.2) is 8.42 Å². The van der Waals surface area contributed by atoms with Crippen LogP contribution in [-0.4, -0.2) is 104 Å². The molecule has 4 aromatic rings. The molecule has 0 bridgehead atoms. The number of ketones is 1. The van der Waals surface area contributed by atoms with E-state index in [-0.39, 0.29) is 41.6 Å². The van der Waals surface area contributed by atoms with Gasteiger partial charge in [-0.2, -0.15) is 0 Å². The number of fused-ring (bicyclic) bond motifs is 2. The molecule has 1 saturated heterocycles. The standard InChI is InChI=1S/C53H64N4O11S2/c1-5-67-46-29-37(21-26-45(46)66-3)44(34-70(4,64)65)57-52(62)40-17-14-15-36(49(40)53(57)63)20-22-38(58)16-12-10-8-6-7-9-11-13-28-55(2)30-35-18-23-39(24-19-35)68-32-47-41-31-56(51(61)42(41)33-69-47)43-25-27-48(59)54-50(43)60/h14-15,17-19,21,23-24,26,29,33,43-44H,5-13,16,20,22,25,27-28,30-32,34H2,1-4H3,(H,54,59,60)/t43?,44-/m1/s1. The van der Waals surface area contributed by atoms with Crippen LogP contribution < -0.4 is 19.5 Å². The van der Waals surface area contributed by atoms with E-state index in [4.69, 9.17) is 14.2 Å². The summed E-state index contributed by atoms with van der Waals surface area (Å²) in [6.07, 6.45) is 11.2. The molecule has 1 N–H and O–H groups in total. The van der Waals surface area contributed by atoms with Gasteiger partial charge in [0.1, 0.15) is 34.0 Å². The summed E-state index contributed by atoms with van der Waals surface area (Å²) in [4.78, 5) is 83.7. The van der Waals surface area contributed by atoms with E-state index in [1.54, 1.807) is 48.2 Å². The Hall–Kier alpha value is -5.91. The summed E-state index contributed by atoms with van der Waals surface area (Å²) in [7, 11) is -0.0197. The third-order valence-corrected chi connectivity index (χ3v) is 15.2. The van der Waals surface area contributed by atoms with Crippen molar-refractivity contribution in [3.05, 3.63) is 110 Å². The molecule has 2 atom stereocenters. The molecule has 17 heteroatoms. The number of Topliss-reactive ketones (excluding diaryl/α,β-unsaturated/α-hetero) is 1. The van der Waals surface area contributed by atoms with Crippen molar-refractivity contribution in [2.45, 2.75) is 122 Å². The summed E-state index contributed by atoms with van der Waals surface area (Å²) in [5.41, 5.74) is 4.15. The molecule has 15 nitrogen and oxygen atoms in total. The van der Waals surface area contributed by atoms with Crippen molar-refractivity contribution in [1.82, 2.24) is 20.0 Å². The molecule has 1 fully saturated rings. The molecule has 0 radical (unpaired) electrons. The van der Waals surface area contributed by atoms with Crippen LogP contribution in [0.1, 0.15) is 148 Å². The van der Waals surface area contributed by atoms with Crippen LogP contribution in [0.4, 0.5) is 0 Å². The van der Waals surface area contributed by atoms with Gasteiger partial charge in [-0.1, -0.05) is 68.9 Å². The summed E-state index contributed by atoms with van der Waals surface area (Å²) >= 11 is 1.49. The maximum atomic E-state index is 14.0. The molecule has 70 heavy (non-hydrogen) atoms. The van der Waals surface area contributed by atoms with Gasteiger partial charge in [0.15, 0.2) is 11.5 Å². The van der Waals surface area contributed by atoms with Crippen LogP contribution in [0.5, 0.6) is 17.2 Å². The number of nitrogens with one attached hydrogen (secondary N) is 1. The molecule has 0 spiro atoms. The SMILES string of the molecule is CCOc1cc([C@@H](CS(C)(=O)=O)N2C(=O)c3cccc(CCC(=O)CCCCCCCCCCN(C)Cc4ccc(OCc5scc6c5CN(C5CCC(=O)NC5=O)C6=O)cc4)c3C2=O)ccc1OC. The largest absolute Gasteiger partial charge is 0.493 e. The summed E-state index contributed by atoms with van der Waals surface area (Å²) in [6.45, 7) is 4.63. The second-order valence-electron chi connectivity index (χ2n) is 18.5. The highest BCUT2D eigenvalue weighted by atomic mass is 32.2. The average Bonchev–Trinajstić information content (AvgIpc) is 3.97. The molecule has 0 saturated carbocycles. The van der Waals surface area contributed by atoms with Crippen LogP contribution in [-0.2, 0) is 50.3 Å². The fourth-order valence-electron chi connectivity index (χ4n) is 9.56. The highest BCUT2D eigenvalue weighted by molar-refractivity contribution is 7.90. The van der Waals surface area contributed by atoms with Crippen LogP contribution in [0.15, 0.2) is 66.0 Å². The number of amides is 5. The number of thiophene rings is 1. The molecule has 0 aliphatic carbocycles. The third-order valence-electron chi connectivity index (χ3n) is 13.2. The number of carbonyl (C=O) groups is 6. The lowest BCUT2D eigenvalue weighted by Gasteiger charge is -2.29. The second kappa shape index (κ2) is 23.8. The first-order valence-electron chi connectivity index (χ1n) is 24.3. The predicted octanol–water partition coefficient (Wildman–Crippen LogP) is 8.02. The van der Waals surface area contributed by atoms with Gasteiger partial charge >= 0.3 is 0 Å². The number of piperidine rings is 1. The highest BCUT2D eigenvalue weighted by Crippen LogP contribution is 2.38. The Morgan fingerprint density at radius 1 is 0.857 bits per heavy atom. The van der Waals surface area contributed by atoms with Gasteiger partial charge in [0.2, 0.25) is 11.8 Å². The van der Waals surface area contributed by atoms with E-state index in [1.807, 2.05) is 17.5 Å². The van der Waals surface area contributed by atoms with Crippen LogP contribution in [0, 0.1) is 0 Å². The minimum absolute atomic E-state index is 0.107. The van der Waals surface area contributed by atoms with Gasteiger partial charge in [-0.15, -0.1) is 11.3 Å². The Balaban J connectivity index is 0.757. The fraction of sp³-hybridized carbons (Fsp3) is 0.472. The topological polar surface area (TPSA) is 186 Å². The summed E-state index contributed by atoms with van der Waals surface area (Å²) in [6, 6.07) is 16.3. The van der Waals surface area contributed by atoms with Crippen LogP contribution in [0.2, 0.25) is 0 Å².